The largest absolute Gasteiger partial charge is 0.421 e. The quantitative estimate of drug-likeness (QED) is 0.844. The van der Waals surface area contributed by atoms with Gasteiger partial charge in [0.2, 0.25) is 11.8 Å². The molecule has 7 nitrogen and oxygen atoms in total. The lowest BCUT2D eigenvalue weighted by Gasteiger charge is -2.20. The van der Waals surface area contributed by atoms with Crippen molar-refractivity contribution in [2.75, 3.05) is 6.67 Å². The highest BCUT2D eigenvalue weighted by molar-refractivity contribution is 5.55. The summed E-state index contributed by atoms with van der Waals surface area (Å²) in [4.78, 5) is 4.05. The van der Waals surface area contributed by atoms with Gasteiger partial charge >= 0.3 is 0 Å². The molecule has 0 unspecified atom stereocenters. The zero-order chi connectivity index (χ0) is 14.7. The zero-order valence-corrected chi connectivity index (χ0v) is 11.9. The molecule has 7 heteroatoms. The van der Waals surface area contributed by atoms with Crippen molar-refractivity contribution in [1.29, 1.82) is 0 Å². The predicted molar refractivity (Wildman–Crippen MR) is 78.0 cm³/mol. The first-order chi connectivity index (χ1) is 10.1. The van der Waals surface area contributed by atoms with Gasteiger partial charge in [0.15, 0.2) is 0 Å². The van der Waals surface area contributed by atoms with Gasteiger partial charge in [-0.1, -0.05) is 30.3 Å². The van der Waals surface area contributed by atoms with E-state index in [4.69, 9.17) is 10.2 Å². The van der Waals surface area contributed by atoms with Gasteiger partial charge in [-0.05, 0) is 18.9 Å². The maximum Gasteiger partial charge on any atom is 0.237 e. The summed E-state index contributed by atoms with van der Waals surface area (Å²) < 4.78 is 5.69. The smallest absolute Gasteiger partial charge is 0.237 e. The lowest BCUT2D eigenvalue weighted by atomic mass is 9.94. The van der Waals surface area contributed by atoms with Crippen LogP contribution in [0.2, 0.25) is 0 Å². The number of aromatic nitrogens is 2. The fraction of sp³-hybridized carbons (Fsp3) is 0.357. The molecule has 2 heterocycles. The Hall–Kier alpha value is -2.25. The molecule has 0 spiro atoms. The summed E-state index contributed by atoms with van der Waals surface area (Å²) in [7, 11) is 0. The van der Waals surface area contributed by atoms with E-state index >= 15 is 0 Å². The van der Waals surface area contributed by atoms with Crippen LogP contribution in [0.4, 0.5) is 0 Å². The predicted octanol–water partition coefficient (Wildman–Crippen LogP) is 0.792. The van der Waals surface area contributed by atoms with Crippen LogP contribution in [-0.2, 0) is 18.5 Å². The molecule has 110 valence electrons. The van der Waals surface area contributed by atoms with Crippen LogP contribution in [0.5, 0.6) is 0 Å². The third-order valence-electron chi connectivity index (χ3n) is 3.26. The highest BCUT2D eigenvalue weighted by Crippen LogP contribution is 2.21. The molecule has 1 aromatic carbocycles. The minimum absolute atomic E-state index is 0.442. The van der Waals surface area contributed by atoms with E-state index in [1.807, 2.05) is 37.3 Å². The van der Waals surface area contributed by atoms with Crippen molar-refractivity contribution >= 4 is 6.34 Å². The van der Waals surface area contributed by atoms with Gasteiger partial charge < -0.3 is 10.2 Å². The molecule has 0 saturated carbocycles. The molecule has 0 fully saturated rings. The van der Waals surface area contributed by atoms with E-state index in [2.05, 4.69) is 20.6 Å². The van der Waals surface area contributed by atoms with Crippen molar-refractivity contribution in [2.45, 2.75) is 25.4 Å². The van der Waals surface area contributed by atoms with Gasteiger partial charge in [-0.25, -0.2) is 5.43 Å². The van der Waals surface area contributed by atoms with Gasteiger partial charge in [-0.3, -0.25) is 10.0 Å². The molecule has 0 bridgehead atoms. The van der Waals surface area contributed by atoms with E-state index in [0.29, 0.717) is 31.4 Å². The molecule has 0 saturated heterocycles. The molecule has 21 heavy (non-hydrogen) atoms. The van der Waals surface area contributed by atoms with Crippen LogP contribution >= 0.6 is 0 Å². The molecule has 0 radical (unpaired) electrons. The Balaban J connectivity index is 1.70. The molecule has 3 N–H and O–H groups in total. The lowest BCUT2D eigenvalue weighted by Crippen LogP contribution is -2.36. The number of nitrogens with two attached hydrogens (primary N) is 1. The maximum absolute atomic E-state index is 6.34. The molecular formula is C14H18N6O. The Morgan fingerprint density at radius 2 is 2.14 bits per heavy atom. The van der Waals surface area contributed by atoms with E-state index in [9.17, 15) is 0 Å². The number of hydrogen-bond acceptors (Lipinski definition) is 7. The van der Waals surface area contributed by atoms with Crippen LogP contribution < -0.4 is 11.2 Å². The summed E-state index contributed by atoms with van der Waals surface area (Å²) in [6.45, 7) is 2.94. The van der Waals surface area contributed by atoms with Crippen molar-refractivity contribution < 1.29 is 4.42 Å². The molecule has 3 rings (SSSR count). The van der Waals surface area contributed by atoms with Crippen molar-refractivity contribution in [2.24, 2.45) is 10.7 Å². The zero-order valence-electron chi connectivity index (χ0n) is 11.9. The summed E-state index contributed by atoms with van der Waals surface area (Å²) in [5.74, 6) is 0.952. The monoisotopic (exact) mass is 286 g/mol. The van der Waals surface area contributed by atoms with Crippen molar-refractivity contribution in [1.82, 2.24) is 20.6 Å². The Morgan fingerprint density at radius 1 is 1.33 bits per heavy atom. The van der Waals surface area contributed by atoms with Crippen LogP contribution in [0.1, 0.15) is 24.3 Å². The average Bonchev–Trinajstić information content (AvgIpc) is 3.12. The summed E-state index contributed by atoms with van der Waals surface area (Å²) >= 11 is 0. The van der Waals surface area contributed by atoms with Gasteiger partial charge in [-0.2, -0.15) is 0 Å². The number of nitrogens with zero attached hydrogens (tertiary/aromatic N) is 4. The SMILES string of the molecule is C[C@@](N)(Cc1ccccc1)c1nnc(CN2C=NCN2)o1. The highest BCUT2D eigenvalue weighted by Gasteiger charge is 2.28. The van der Waals surface area contributed by atoms with Crippen LogP contribution in [-0.4, -0.2) is 28.2 Å². The first-order valence-corrected chi connectivity index (χ1v) is 6.79. The lowest BCUT2D eigenvalue weighted by molar-refractivity contribution is 0.279. The standard InChI is InChI=1S/C14H18N6O/c1-14(15,7-11-5-3-2-4-6-11)13-19-18-12(21-13)8-20-10-16-9-17-20/h2-6,10,17H,7-9,15H2,1H3/t14-/m1/s1. The first-order valence-electron chi connectivity index (χ1n) is 6.79. The number of rotatable bonds is 5. The van der Waals surface area contributed by atoms with Crippen molar-refractivity contribution in [3.05, 3.63) is 47.7 Å². The van der Waals surface area contributed by atoms with Gasteiger partial charge in [0.1, 0.15) is 19.6 Å². The molecular weight excluding hydrogens is 268 g/mol. The van der Waals surface area contributed by atoms with Crippen molar-refractivity contribution in [3.63, 3.8) is 0 Å². The second kappa shape index (κ2) is 5.63. The molecule has 2 aromatic rings. The van der Waals surface area contributed by atoms with E-state index in [1.54, 1.807) is 11.3 Å². The number of hydrogen-bond donors (Lipinski definition) is 2. The molecule has 1 aliphatic heterocycles. The Labute approximate surface area is 122 Å². The molecule has 1 aliphatic rings. The number of nitrogens with one attached hydrogen (secondary N) is 1. The number of hydrazine groups is 1. The Kier molecular flexibility index (Phi) is 3.68. The average molecular weight is 286 g/mol. The third-order valence-corrected chi connectivity index (χ3v) is 3.26. The third kappa shape index (κ3) is 3.26. The van der Waals surface area contributed by atoms with Crippen LogP contribution in [0.25, 0.3) is 0 Å². The summed E-state index contributed by atoms with van der Waals surface area (Å²) in [6, 6.07) is 10.0. The van der Waals surface area contributed by atoms with Crippen molar-refractivity contribution in [3.8, 4) is 0 Å². The molecule has 0 aliphatic carbocycles. The van der Waals surface area contributed by atoms with Crippen LogP contribution in [0, 0.1) is 0 Å². The van der Waals surface area contributed by atoms with Gasteiger partial charge in [0.25, 0.3) is 0 Å². The normalized spacial score (nSPS) is 17.1. The van der Waals surface area contributed by atoms with Gasteiger partial charge in [0, 0.05) is 0 Å². The first kappa shape index (κ1) is 13.7. The Morgan fingerprint density at radius 3 is 2.86 bits per heavy atom. The van der Waals surface area contributed by atoms with Crippen LogP contribution in [0.15, 0.2) is 39.7 Å². The van der Waals surface area contributed by atoms with Gasteiger partial charge in [0.05, 0.1) is 5.54 Å². The summed E-state index contributed by atoms with van der Waals surface area (Å²) in [6.07, 6.45) is 2.34. The van der Waals surface area contributed by atoms with E-state index in [1.165, 1.54) is 0 Å². The van der Waals surface area contributed by atoms with Gasteiger partial charge in [-0.15, -0.1) is 10.2 Å². The number of aliphatic imine (C=N–C) groups is 1. The fourth-order valence-electron chi connectivity index (χ4n) is 2.20. The van der Waals surface area contributed by atoms with E-state index < -0.39 is 5.54 Å². The Bertz CT molecular complexity index is 621. The second-order valence-electron chi connectivity index (χ2n) is 5.32. The topological polar surface area (TPSA) is 92.6 Å². The number of benzene rings is 1. The summed E-state index contributed by atoms with van der Waals surface area (Å²) in [5.41, 5.74) is 9.82. The fourth-order valence-corrected chi connectivity index (χ4v) is 2.20. The van der Waals surface area contributed by atoms with E-state index in [0.717, 1.165) is 5.56 Å². The second-order valence-corrected chi connectivity index (χ2v) is 5.32. The molecule has 1 atom stereocenters. The highest BCUT2D eigenvalue weighted by atomic mass is 16.4. The maximum atomic E-state index is 6.34. The minimum Gasteiger partial charge on any atom is -0.421 e. The van der Waals surface area contributed by atoms with Crippen LogP contribution in [0.3, 0.4) is 0 Å². The minimum atomic E-state index is -0.695. The van der Waals surface area contributed by atoms with E-state index in [-0.39, 0.29) is 0 Å². The summed E-state index contributed by atoms with van der Waals surface area (Å²) in [5, 5.41) is 9.93. The molecule has 1 aromatic heterocycles. The molecule has 0 amide bonds.